The van der Waals surface area contributed by atoms with Gasteiger partial charge in [0.05, 0.1) is 25.5 Å². The summed E-state index contributed by atoms with van der Waals surface area (Å²) in [4.78, 5) is 22.3. The summed E-state index contributed by atoms with van der Waals surface area (Å²) in [6.07, 6.45) is 2.85. The van der Waals surface area contributed by atoms with Crippen LogP contribution < -0.4 is 9.47 Å². The van der Waals surface area contributed by atoms with Crippen LogP contribution in [-0.4, -0.2) is 39.6 Å². The molecule has 0 bridgehead atoms. The second kappa shape index (κ2) is 8.86. The Morgan fingerprint density at radius 1 is 1.03 bits per heavy atom. The molecular formula is C25H24N4O3S. The van der Waals surface area contributed by atoms with Gasteiger partial charge in [-0.1, -0.05) is 47.7 Å². The molecule has 4 aromatic rings. The van der Waals surface area contributed by atoms with Crippen LogP contribution in [0.4, 0.5) is 0 Å². The molecule has 5 rings (SSSR count). The lowest BCUT2D eigenvalue weighted by Gasteiger charge is -2.23. The number of hydrogen-bond acceptors (Lipinski definition) is 7. The zero-order valence-electron chi connectivity index (χ0n) is 18.7. The molecule has 2 heterocycles. The van der Waals surface area contributed by atoms with Gasteiger partial charge >= 0.3 is 0 Å². The number of aryl methyl sites for hydroxylation is 1. The molecule has 1 aliphatic carbocycles. The molecule has 2 aromatic carbocycles. The van der Waals surface area contributed by atoms with Crippen molar-refractivity contribution in [3.63, 3.8) is 0 Å². The van der Waals surface area contributed by atoms with Gasteiger partial charge in [0.25, 0.3) is 5.78 Å². The maximum atomic E-state index is 13.0. The van der Waals surface area contributed by atoms with E-state index in [9.17, 15) is 4.79 Å². The molecular weight excluding hydrogens is 436 g/mol. The van der Waals surface area contributed by atoms with E-state index in [4.69, 9.17) is 14.5 Å². The fourth-order valence-corrected chi connectivity index (χ4v) is 4.88. The summed E-state index contributed by atoms with van der Waals surface area (Å²) in [5.41, 5.74) is 4.87. The van der Waals surface area contributed by atoms with E-state index >= 15 is 0 Å². The number of carbonyl (C=O) groups excluding carboxylic acids is 1. The summed E-state index contributed by atoms with van der Waals surface area (Å²) in [5, 5.41) is 5.18. The first kappa shape index (κ1) is 21.5. The van der Waals surface area contributed by atoms with E-state index in [2.05, 4.69) is 41.3 Å². The SMILES string of the molecule is COc1ccc(C2CC(=O)c3cn4nc(SCc5ccc(C)cc5)nc4nc3C2)cc1OC. The van der Waals surface area contributed by atoms with Crippen molar-refractivity contribution in [3.05, 3.63) is 76.6 Å². The van der Waals surface area contributed by atoms with Crippen molar-refractivity contribution in [2.75, 3.05) is 14.2 Å². The highest BCUT2D eigenvalue weighted by Gasteiger charge is 2.29. The van der Waals surface area contributed by atoms with Gasteiger partial charge in [0.2, 0.25) is 5.16 Å². The average Bonchev–Trinajstić information content (AvgIpc) is 3.23. The smallest absolute Gasteiger partial charge is 0.253 e. The van der Waals surface area contributed by atoms with Gasteiger partial charge in [-0.05, 0) is 42.5 Å². The molecule has 0 amide bonds. The molecule has 0 aliphatic heterocycles. The van der Waals surface area contributed by atoms with E-state index in [0.717, 1.165) is 17.0 Å². The monoisotopic (exact) mass is 460 g/mol. The number of Topliss-reactive ketones (excluding diaryl/α,β-unsaturated/α-hetero) is 1. The molecule has 0 fully saturated rings. The number of thioether (sulfide) groups is 1. The Labute approximate surface area is 196 Å². The third-order valence-corrected chi connectivity index (χ3v) is 6.84. The second-order valence-electron chi connectivity index (χ2n) is 8.16. The lowest BCUT2D eigenvalue weighted by molar-refractivity contribution is 0.0962. The third kappa shape index (κ3) is 4.30. The maximum Gasteiger partial charge on any atom is 0.253 e. The summed E-state index contributed by atoms with van der Waals surface area (Å²) in [5.74, 6) is 2.71. The van der Waals surface area contributed by atoms with Crippen LogP contribution in [0.15, 0.2) is 53.8 Å². The molecule has 2 aromatic heterocycles. The first-order valence-corrected chi connectivity index (χ1v) is 11.7. The van der Waals surface area contributed by atoms with Gasteiger partial charge in [0.1, 0.15) is 0 Å². The fraction of sp³-hybridized carbons (Fsp3) is 0.280. The van der Waals surface area contributed by atoms with E-state index < -0.39 is 0 Å². The minimum Gasteiger partial charge on any atom is -0.493 e. The van der Waals surface area contributed by atoms with Crippen LogP contribution in [-0.2, 0) is 12.2 Å². The van der Waals surface area contributed by atoms with Gasteiger partial charge < -0.3 is 9.47 Å². The molecule has 33 heavy (non-hydrogen) atoms. The molecule has 7 nitrogen and oxygen atoms in total. The van der Waals surface area contributed by atoms with Gasteiger partial charge in [-0.3, -0.25) is 4.79 Å². The number of nitrogens with zero attached hydrogens (tertiary/aromatic N) is 4. The van der Waals surface area contributed by atoms with E-state index in [-0.39, 0.29) is 11.7 Å². The molecule has 0 saturated carbocycles. The van der Waals surface area contributed by atoms with E-state index in [0.29, 0.717) is 40.8 Å². The van der Waals surface area contributed by atoms with E-state index in [1.54, 1.807) is 36.7 Å². The molecule has 1 unspecified atom stereocenters. The highest BCUT2D eigenvalue weighted by Crippen LogP contribution is 2.36. The molecule has 0 N–H and O–H groups in total. The van der Waals surface area contributed by atoms with E-state index in [1.807, 2.05) is 18.2 Å². The van der Waals surface area contributed by atoms with Gasteiger partial charge in [0.15, 0.2) is 17.3 Å². The zero-order chi connectivity index (χ0) is 22.9. The summed E-state index contributed by atoms with van der Waals surface area (Å²) in [7, 11) is 3.22. The summed E-state index contributed by atoms with van der Waals surface area (Å²) in [6.45, 7) is 2.07. The molecule has 0 saturated heterocycles. The van der Waals surface area contributed by atoms with Crippen molar-refractivity contribution in [1.82, 2.24) is 19.6 Å². The van der Waals surface area contributed by atoms with Crippen LogP contribution >= 0.6 is 11.8 Å². The Morgan fingerprint density at radius 2 is 1.82 bits per heavy atom. The van der Waals surface area contributed by atoms with Crippen molar-refractivity contribution in [1.29, 1.82) is 0 Å². The lowest BCUT2D eigenvalue weighted by atomic mass is 9.82. The first-order valence-electron chi connectivity index (χ1n) is 10.7. The Balaban J connectivity index is 1.39. The summed E-state index contributed by atoms with van der Waals surface area (Å²) < 4.78 is 12.4. The zero-order valence-corrected chi connectivity index (χ0v) is 19.6. The largest absolute Gasteiger partial charge is 0.493 e. The number of hydrogen-bond donors (Lipinski definition) is 0. The Morgan fingerprint density at radius 3 is 2.58 bits per heavy atom. The molecule has 1 atom stereocenters. The van der Waals surface area contributed by atoms with Crippen LogP contribution in [0.1, 0.15) is 45.1 Å². The minimum atomic E-state index is 0.0260. The highest BCUT2D eigenvalue weighted by molar-refractivity contribution is 7.98. The second-order valence-corrected chi connectivity index (χ2v) is 9.10. The van der Waals surface area contributed by atoms with Crippen LogP contribution in [0.3, 0.4) is 0 Å². The van der Waals surface area contributed by atoms with Crippen LogP contribution in [0.5, 0.6) is 11.5 Å². The van der Waals surface area contributed by atoms with Crippen molar-refractivity contribution >= 4 is 23.3 Å². The predicted octanol–water partition coefficient (Wildman–Crippen LogP) is 4.65. The van der Waals surface area contributed by atoms with Gasteiger partial charge in [-0.15, -0.1) is 5.10 Å². The van der Waals surface area contributed by atoms with Crippen molar-refractivity contribution in [3.8, 4) is 11.5 Å². The average molecular weight is 461 g/mol. The topological polar surface area (TPSA) is 78.6 Å². The third-order valence-electron chi connectivity index (χ3n) is 5.93. The Hall–Kier alpha value is -3.39. The van der Waals surface area contributed by atoms with Gasteiger partial charge in [-0.25, -0.2) is 9.50 Å². The maximum absolute atomic E-state index is 13.0. The molecule has 1 aliphatic rings. The summed E-state index contributed by atoms with van der Waals surface area (Å²) in [6, 6.07) is 14.2. The van der Waals surface area contributed by atoms with Crippen LogP contribution in [0, 0.1) is 6.92 Å². The molecule has 168 valence electrons. The number of ketones is 1. The van der Waals surface area contributed by atoms with Crippen LogP contribution in [0.2, 0.25) is 0 Å². The number of aromatic nitrogens is 4. The number of ether oxygens (including phenoxy) is 2. The van der Waals surface area contributed by atoms with Gasteiger partial charge in [-0.2, -0.15) is 4.98 Å². The number of carbonyl (C=O) groups is 1. The summed E-state index contributed by atoms with van der Waals surface area (Å²) >= 11 is 1.56. The number of methoxy groups -OCH3 is 2. The standard InChI is InChI=1S/C25H24N4O3S/c1-15-4-6-16(7-5-15)14-33-25-27-24-26-20-10-18(11-21(30)19(20)13-29(24)28-25)17-8-9-22(31-2)23(12-17)32-3/h4-9,12-13,18H,10-11,14H2,1-3H3. The van der Waals surface area contributed by atoms with Crippen molar-refractivity contribution < 1.29 is 14.3 Å². The number of rotatable bonds is 6. The first-order chi connectivity index (χ1) is 16.0. The fourth-order valence-electron chi connectivity index (χ4n) is 4.10. The lowest BCUT2D eigenvalue weighted by Crippen LogP contribution is -2.21. The quantitative estimate of drug-likeness (QED) is 0.387. The van der Waals surface area contributed by atoms with Gasteiger partial charge in [0, 0.05) is 18.4 Å². The Kier molecular flexibility index (Phi) is 5.76. The van der Waals surface area contributed by atoms with Crippen molar-refractivity contribution in [2.45, 2.75) is 36.6 Å². The predicted molar refractivity (Wildman–Crippen MR) is 126 cm³/mol. The molecule has 8 heteroatoms. The number of benzene rings is 2. The molecule has 0 radical (unpaired) electrons. The highest BCUT2D eigenvalue weighted by atomic mass is 32.2. The Bertz CT molecular complexity index is 1330. The number of fused-ring (bicyclic) bond motifs is 2. The minimum absolute atomic E-state index is 0.0260. The normalized spacial score (nSPS) is 15.5. The molecule has 0 spiro atoms. The van der Waals surface area contributed by atoms with Crippen LogP contribution in [0.25, 0.3) is 5.78 Å². The van der Waals surface area contributed by atoms with Crippen molar-refractivity contribution in [2.24, 2.45) is 0 Å². The van der Waals surface area contributed by atoms with E-state index in [1.165, 1.54) is 11.1 Å².